The molecule has 6 nitrogen and oxygen atoms in total. The second kappa shape index (κ2) is 9.45. The molecule has 0 saturated carbocycles. The van der Waals surface area contributed by atoms with Crippen molar-refractivity contribution in [1.29, 1.82) is 0 Å². The van der Waals surface area contributed by atoms with Crippen LogP contribution in [0.2, 0.25) is 10.0 Å². The van der Waals surface area contributed by atoms with E-state index in [0.717, 1.165) is 5.39 Å². The van der Waals surface area contributed by atoms with Gasteiger partial charge in [0.25, 0.3) is 5.56 Å². The molecule has 0 aliphatic heterocycles. The second-order valence-electron chi connectivity index (χ2n) is 9.65. The molecular formula is C28H23Cl2N3O3. The van der Waals surface area contributed by atoms with Crippen molar-refractivity contribution in [3.63, 3.8) is 0 Å². The minimum absolute atomic E-state index is 0.00605. The normalized spacial score (nSPS) is 12.1. The molecule has 182 valence electrons. The van der Waals surface area contributed by atoms with E-state index in [1.54, 1.807) is 60.8 Å². The molecule has 5 aromatic rings. The van der Waals surface area contributed by atoms with E-state index < -0.39 is 0 Å². The summed E-state index contributed by atoms with van der Waals surface area (Å²) in [6.45, 7) is 6.80. The highest BCUT2D eigenvalue weighted by atomic mass is 35.5. The Hall–Kier alpha value is -3.61. The molecule has 8 heteroatoms. The molecule has 0 amide bonds. The molecule has 0 N–H and O–H groups in total. The largest absolute Gasteiger partial charge is 0.491 e. The third-order valence-corrected chi connectivity index (χ3v) is 5.92. The summed E-state index contributed by atoms with van der Waals surface area (Å²) in [5.74, 6) is 1.27. The first kappa shape index (κ1) is 24.1. The lowest BCUT2D eigenvalue weighted by Crippen LogP contribution is -2.20. The highest BCUT2D eigenvalue weighted by Crippen LogP contribution is 2.30. The molecule has 36 heavy (non-hydrogen) atoms. The third kappa shape index (κ3) is 5.01. The van der Waals surface area contributed by atoms with Crippen LogP contribution >= 0.6 is 23.2 Å². The fraction of sp³-hybridized carbons (Fsp3) is 0.179. The first-order chi connectivity index (χ1) is 17.2. The predicted molar refractivity (Wildman–Crippen MR) is 146 cm³/mol. The van der Waals surface area contributed by atoms with Crippen molar-refractivity contribution in [3.05, 3.63) is 92.7 Å². The number of hydrogen-bond acceptors (Lipinski definition) is 5. The lowest BCUT2D eigenvalue weighted by Gasteiger charge is -2.19. The molecule has 0 atom stereocenters. The Kier molecular flexibility index (Phi) is 6.33. The van der Waals surface area contributed by atoms with Gasteiger partial charge in [0.2, 0.25) is 5.82 Å². The SMILES string of the molecule is CC(C)(C)COc1ccc(C=Nn2c(-c3cc4cc(Cl)ccc4o3)nc3ccccc3c2=O)cc1Cl. The maximum Gasteiger partial charge on any atom is 0.282 e. The van der Waals surface area contributed by atoms with Gasteiger partial charge in [0, 0.05) is 10.4 Å². The number of rotatable bonds is 5. The maximum absolute atomic E-state index is 13.4. The van der Waals surface area contributed by atoms with Gasteiger partial charge < -0.3 is 9.15 Å². The fourth-order valence-corrected chi connectivity index (χ4v) is 4.07. The van der Waals surface area contributed by atoms with Crippen LogP contribution < -0.4 is 10.3 Å². The zero-order chi connectivity index (χ0) is 25.4. The van der Waals surface area contributed by atoms with Gasteiger partial charge in [0.15, 0.2) is 5.76 Å². The quantitative estimate of drug-likeness (QED) is 0.226. The van der Waals surface area contributed by atoms with Gasteiger partial charge in [-0.25, -0.2) is 4.98 Å². The monoisotopic (exact) mass is 519 g/mol. The Morgan fingerprint density at radius 3 is 2.64 bits per heavy atom. The fourth-order valence-electron chi connectivity index (χ4n) is 3.65. The van der Waals surface area contributed by atoms with Gasteiger partial charge in [-0.05, 0) is 65.6 Å². The van der Waals surface area contributed by atoms with Crippen molar-refractivity contribution in [2.45, 2.75) is 20.8 Å². The Bertz CT molecular complexity index is 1680. The van der Waals surface area contributed by atoms with E-state index in [2.05, 4.69) is 25.9 Å². The maximum atomic E-state index is 13.4. The van der Waals surface area contributed by atoms with Crippen molar-refractivity contribution in [2.24, 2.45) is 10.5 Å². The van der Waals surface area contributed by atoms with Gasteiger partial charge in [0.1, 0.15) is 11.3 Å². The molecular weight excluding hydrogens is 497 g/mol. The number of aromatic nitrogens is 2. The minimum atomic E-state index is -0.318. The Balaban J connectivity index is 1.57. The van der Waals surface area contributed by atoms with E-state index in [9.17, 15) is 4.79 Å². The molecule has 2 aromatic heterocycles. The zero-order valence-electron chi connectivity index (χ0n) is 20.0. The summed E-state index contributed by atoms with van der Waals surface area (Å²) in [6, 6.07) is 19.6. The lowest BCUT2D eigenvalue weighted by atomic mass is 9.99. The van der Waals surface area contributed by atoms with Crippen molar-refractivity contribution in [1.82, 2.24) is 9.66 Å². The number of fused-ring (bicyclic) bond motifs is 2. The molecule has 0 fully saturated rings. The van der Waals surface area contributed by atoms with E-state index in [-0.39, 0.29) is 16.8 Å². The molecule has 0 bridgehead atoms. The van der Waals surface area contributed by atoms with Crippen LogP contribution in [0.3, 0.4) is 0 Å². The minimum Gasteiger partial charge on any atom is -0.491 e. The molecule has 5 rings (SSSR count). The molecule has 0 aliphatic rings. The number of nitrogens with zero attached hydrogens (tertiary/aromatic N) is 3. The van der Waals surface area contributed by atoms with Crippen molar-refractivity contribution >= 4 is 51.3 Å². The number of para-hydroxylation sites is 1. The summed E-state index contributed by atoms with van der Waals surface area (Å²) in [7, 11) is 0. The molecule has 0 saturated heterocycles. The smallest absolute Gasteiger partial charge is 0.282 e. The number of furan rings is 1. The van der Waals surface area contributed by atoms with E-state index >= 15 is 0 Å². The molecule has 2 heterocycles. The molecule has 0 aliphatic carbocycles. The number of hydrogen-bond donors (Lipinski definition) is 0. The van der Waals surface area contributed by atoms with Gasteiger partial charge in [0.05, 0.1) is 28.7 Å². The van der Waals surface area contributed by atoms with Crippen LogP contribution in [0.15, 0.2) is 81.0 Å². The van der Waals surface area contributed by atoms with E-state index in [1.807, 2.05) is 12.1 Å². The van der Waals surface area contributed by atoms with Crippen molar-refractivity contribution in [3.8, 4) is 17.3 Å². The van der Waals surface area contributed by atoms with E-state index in [0.29, 0.717) is 50.2 Å². The average Bonchev–Trinajstić information content (AvgIpc) is 3.25. The zero-order valence-corrected chi connectivity index (χ0v) is 21.5. The van der Waals surface area contributed by atoms with Crippen LogP contribution in [0.25, 0.3) is 33.5 Å². The van der Waals surface area contributed by atoms with Gasteiger partial charge in [-0.1, -0.05) is 56.1 Å². The lowest BCUT2D eigenvalue weighted by molar-refractivity contribution is 0.198. The Labute approximate surface area is 217 Å². The average molecular weight is 520 g/mol. The van der Waals surface area contributed by atoms with Gasteiger partial charge >= 0.3 is 0 Å². The highest BCUT2D eigenvalue weighted by Gasteiger charge is 2.17. The van der Waals surface area contributed by atoms with E-state index in [4.69, 9.17) is 37.3 Å². The van der Waals surface area contributed by atoms with Crippen LogP contribution in [-0.2, 0) is 0 Å². The number of benzene rings is 3. The van der Waals surface area contributed by atoms with Crippen LogP contribution in [0.5, 0.6) is 5.75 Å². The molecule has 0 spiro atoms. The van der Waals surface area contributed by atoms with Gasteiger partial charge in [-0.15, -0.1) is 0 Å². The summed E-state index contributed by atoms with van der Waals surface area (Å²) in [4.78, 5) is 18.1. The Morgan fingerprint density at radius 1 is 1.06 bits per heavy atom. The van der Waals surface area contributed by atoms with Crippen LogP contribution in [-0.4, -0.2) is 22.5 Å². The molecule has 0 radical (unpaired) electrons. The van der Waals surface area contributed by atoms with Gasteiger partial charge in [-0.2, -0.15) is 9.78 Å². The summed E-state index contributed by atoms with van der Waals surface area (Å²) in [6.07, 6.45) is 1.56. The number of halogens is 2. The highest BCUT2D eigenvalue weighted by molar-refractivity contribution is 6.32. The molecule has 3 aromatic carbocycles. The van der Waals surface area contributed by atoms with Crippen molar-refractivity contribution in [2.75, 3.05) is 6.61 Å². The number of ether oxygens (including phenoxy) is 1. The molecule has 0 unspecified atom stereocenters. The Morgan fingerprint density at radius 2 is 1.86 bits per heavy atom. The van der Waals surface area contributed by atoms with Crippen LogP contribution in [0.1, 0.15) is 26.3 Å². The third-order valence-electron chi connectivity index (χ3n) is 5.39. The summed E-state index contributed by atoms with van der Waals surface area (Å²) in [5, 5.41) is 6.77. The van der Waals surface area contributed by atoms with Crippen LogP contribution in [0.4, 0.5) is 0 Å². The van der Waals surface area contributed by atoms with Crippen LogP contribution in [0, 0.1) is 5.41 Å². The topological polar surface area (TPSA) is 69.6 Å². The first-order valence-corrected chi connectivity index (χ1v) is 12.1. The standard InChI is InChI=1S/C28H23Cl2N3O3/c1-28(2,3)16-35-24-10-8-17(12-21(24)30)15-31-33-26(32-22-7-5-4-6-20(22)27(33)34)25-14-18-13-19(29)9-11-23(18)36-25/h4-15H,16H2,1-3H3. The van der Waals surface area contributed by atoms with E-state index in [1.165, 1.54) is 4.68 Å². The summed E-state index contributed by atoms with van der Waals surface area (Å²) < 4.78 is 13.1. The summed E-state index contributed by atoms with van der Waals surface area (Å²) >= 11 is 12.6. The summed E-state index contributed by atoms with van der Waals surface area (Å²) in [5.41, 5.74) is 1.56. The predicted octanol–water partition coefficient (Wildman–Crippen LogP) is 7.42. The first-order valence-electron chi connectivity index (χ1n) is 11.4. The van der Waals surface area contributed by atoms with Crippen molar-refractivity contribution < 1.29 is 9.15 Å². The second-order valence-corrected chi connectivity index (χ2v) is 10.5. The van der Waals surface area contributed by atoms with Gasteiger partial charge in [-0.3, -0.25) is 4.79 Å².